The standard InChI is InChI=1S/C14H12BrO3P/c15-11-6-7-12-13(10-4-2-1-3-5-10)9-19(16,17)18-14(12)8-11/h1-8,13H,9H2,(H,16,17)/t13-/m0/s1. The molecular formula is C14H12BrO3P. The first-order valence-corrected chi connectivity index (χ1v) is 8.46. The van der Waals surface area contributed by atoms with Crippen molar-refractivity contribution >= 4 is 23.5 Å². The van der Waals surface area contributed by atoms with Crippen LogP contribution in [0.15, 0.2) is 53.0 Å². The topological polar surface area (TPSA) is 46.5 Å². The van der Waals surface area contributed by atoms with Crippen molar-refractivity contribution in [2.75, 3.05) is 6.16 Å². The second-order valence-corrected chi connectivity index (χ2v) is 7.30. The van der Waals surface area contributed by atoms with E-state index in [1.807, 2.05) is 42.5 Å². The van der Waals surface area contributed by atoms with Crippen LogP contribution >= 0.6 is 23.5 Å². The van der Waals surface area contributed by atoms with Crippen molar-refractivity contribution in [2.45, 2.75) is 5.92 Å². The number of hydrogen-bond donors (Lipinski definition) is 1. The average Bonchev–Trinajstić information content (AvgIpc) is 2.37. The Bertz CT molecular complexity index is 657. The van der Waals surface area contributed by atoms with Crippen molar-refractivity contribution in [2.24, 2.45) is 0 Å². The molecule has 3 rings (SSSR count). The molecule has 1 N–H and O–H groups in total. The maximum Gasteiger partial charge on any atom is 0.377 e. The van der Waals surface area contributed by atoms with E-state index in [4.69, 9.17) is 4.52 Å². The maximum absolute atomic E-state index is 12.0. The van der Waals surface area contributed by atoms with Gasteiger partial charge in [-0.15, -0.1) is 0 Å². The molecule has 0 radical (unpaired) electrons. The van der Waals surface area contributed by atoms with Crippen molar-refractivity contribution in [1.29, 1.82) is 0 Å². The number of rotatable bonds is 1. The van der Waals surface area contributed by atoms with E-state index in [0.29, 0.717) is 5.75 Å². The van der Waals surface area contributed by atoms with Gasteiger partial charge in [0.2, 0.25) is 0 Å². The van der Waals surface area contributed by atoms with Gasteiger partial charge in [-0.1, -0.05) is 52.3 Å². The number of hydrogen-bond acceptors (Lipinski definition) is 2. The molecule has 5 heteroatoms. The molecule has 98 valence electrons. The van der Waals surface area contributed by atoms with Crippen LogP contribution < -0.4 is 4.52 Å². The minimum atomic E-state index is -3.58. The lowest BCUT2D eigenvalue weighted by atomic mass is 9.92. The van der Waals surface area contributed by atoms with Gasteiger partial charge < -0.3 is 9.42 Å². The largest absolute Gasteiger partial charge is 0.424 e. The predicted molar refractivity (Wildman–Crippen MR) is 77.7 cm³/mol. The Morgan fingerprint density at radius 1 is 1.21 bits per heavy atom. The third-order valence-corrected chi connectivity index (χ3v) is 5.01. The van der Waals surface area contributed by atoms with Gasteiger partial charge >= 0.3 is 7.60 Å². The Kier molecular flexibility index (Phi) is 3.25. The SMILES string of the molecule is O=P1(O)C[C@@H](c2ccccc2)c2ccc(Br)cc2O1. The summed E-state index contributed by atoms with van der Waals surface area (Å²) < 4.78 is 18.1. The first-order valence-electron chi connectivity index (χ1n) is 5.91. The summed E-state index contributed by atoms with van der Waals surface area (Å²) in [5.74, 6) is 0.384. The molecule has 0 saturated carbocycles. The summed E-state index contributed by atoms with van der Waals surface area (Å²) in [4.78, 5) is 9.86. The summed E-state index contributed by atoms with van der Waals surface area (Å²) in [5.41, 5.74) is 1.98. The van der Waals surface area contributed by atoms with Crippen molar-refractivity contribution in [3.05, 3.63) is 64.1 Å². The Labute approximate surface area is 119 Å². The summed E-state index contributed by atoms with van der Waals surface area (Å²) in [6.45, 7) is 0. The monoisotopic (exact) mass is 338 g/mol. The predicted octanol–water partition coefficient (Wildman–Crippen LogP) is 4.16. The van der Waals surface area contributed by atoms with E-state index in [-0.39, 0.29) is 12.1 Å². The summed E-state index contributed by atoms with van der Waals surface area (Å²) in [7, 11) is -3.58. The molecule has 3 nitrogen and oxygen atoms in total. The van der Waals surface area contributed by atoms with Gasteiger partial charge in [0, 0.05) is 16.0 Å². The molecular weight excluding hydrogens is 327 g/mol. The third-order valence-electron chi connectivity index (χ3n) is 3.21. The lowest BCUT2D eigenvalue weighted by Crippen LogP contribution is -2.16. The molecule has 0 aromatic heterocycles. The second kappa shape index (κ2) is 4.78. The van der Waals surface area contributed by atoms with Gasteiger partial charge in [-0.25, -0.2) is 4.57 Å². The average molecular weight is 339 g/mol. The van der Waals surface area contributed by atoms with Crippen molar-refractivity contribution in [1.82, 2.24) is 0 Å². The minimum absolute atomic E-state index is 0.103. The molecule has 19 heavy (non-hydrogen) atoms. The minimum Gasteiger partial charge on any atom is -0.424 e. The van der Waals surface area contributed by atoms with E-state index in [1.165, 1.54) is 0 Å². The first-order chi connectivity index (χ1) is 9.05. The maximum atomic E-state index is 12.0. The van der Waals surface area contributed by atoms with Crippen LogP contribution in [0.1, 0.15) is 17.0 Å². The van der Waals surface area contributed by atoms with E-state index in [1.54, 1.807) is 6.07 Å². The normalized spacial score (nSPS) is 25.5. The smallest absolute Gasteiger partial charge is 0.377 e. The van der Waals surface area contributed by atoms with E-state index in [9.17, 15) is 9.46 Å². The van der Waals surface area contributed by atoms with E-state index < -0.39 is 7.60 Å². The lowest BCUT2D eigenvalue weighted by Gasteiger charge is -2.29. The fourth-order valence-corrected chi connectivity index (χ4v) is 4.11. The highest BCUT2D eigenvalue weighted by Gasteiger charge is 2.36. The lowest BCUT2D eigenvalue weighted by molar-refractivity contribution is 0.365. The van der Waals surface area contributed by atoms with E-state index >= 15 is 0 Å². The summed E-state index contributed by atoms with van der Waals surface area (Å²) in [6, 6.07) is 15.4. The molecule has 2 atom stereocenters. The first kappa shape index (κ1) is 12.9. The molecule has 2 aromatic rings. The molecule has 0 bridgehead atoms. The highest BCUT2D eigenvalue weighted by atomic mass is 79.9. The number of fused-ring (bicyclic) bond motifs is 1. The molecule has 1 heterocycles. The molecule has 0 saturated heterocycles. The molecule has 0 fully saturated rings. The van der Waals surface area contributed by atoms with Crippen LogP contribution in [0.4, 0.5) is 0 Å². The van der Waals surface area contributed by atoms with Crippen LogP contribution in [0.5, 0.6) is 5.75 Å². The van der Waals surface area contributed by atoms with Gasteiger partial charge in [0.25, 0.3) is 0 Å². The Hall–Kier alpha value is -1.09. The Morgan fingerprint density at radius 2 is 1.95 bits per heavy atom. The van der Waals surface area contributed by atoms with Crippen LogP contribution in [0.25, 0.3) is 0 Å². The number of halogens is 1. The summed E-state index contributed by atoms with van der Waals surface area (Å²) >= 11 is 3.35. The van der Waals surface area contributed by atoms with Gasteiger partial charge in [-0.2, -0.15) is 0 Å². The fourth-order valence-electron chi connectivity index (χ4n) is 2.37. The molecule has 1 unspecified atom stereocenters. The van der Waals surface area contributed by atoms with Gasteiger partial charge in [0.1, 0.15) is 5.75 Å². The molecule has 0 aliphatic carbocycles. The van der Waals surface area contributed by atoms with E-state index in [2.05, 4.69) is 15.9 Å². The quantitative estimate of drug-likeness (QED) is 0.794. The van der Waals surface area contributed by atoms with Crippen LogP contribution in [-0.4, -0.2) is 11.1 Å². The third kappa shape index (κ3) is 2.62. The summed E-state index contributed by atoms with van der Waals surface area (Å²) in [5, 5.41) is 0. The zero-order valence-corrected chi connectivity index (χ0v) is 12.5. The van der Waals surface area contributed by atoms with Crippen LogP contribution in [0.2, 0.25) is 0 Å². The number of benzene rings is 2. The zero-order valence-electron chi connectivity index (χ0n) is 9.99. The highest BCUT2D eigenvalue weighted by molar-refractivity contribution is 9.10. The van der Waals surface area contributed by atoms with Crippen molar-refractivity contribution in [3.8, 4) is 5.75 Å². The Balaban J connectivity index is 2.14. The van der Waals surface area contributed by atoms with Crippen molar-refractivity contribution < 1.29 is 14.0 Å². The van der Waals surface area contributed by atoms with Gasteiger partial charge in [-0.05, 0) is 17.7 Å². The van der Waals surface area contributed by atoms with Gasteiger partial charge in [-0.3, -0.25) is 0 Å². The molecule has 1 aliphatic heterocycles. The molecule has 2 aromatic carbocycles. The van der Waals surface area contributed by atoms with Crippen LogP contribution in [-0.2, 0) is 4.57 Å². The van der Waals surface area contributed by atoms with E-state index in [0.717, 1.165) is 15.6 Å². The highest BCUT2D eigenvalue weighted by Crippen LogP contribution is 2.55. The zero-order chi connectivity index (χ0) is 13.5. The van der Waals surface area contributed by atoms with Crippen LogP contribution in [0, 0.1) is 0 Å². The fraction of sp³-hybridized carbons (Fsp3) is 0.143. The molecule has 0 spiro atoms. The second-order valence-electron chi connectivity index (χ2n) is 4.56. The van der Waals surface area contributed by atoms with Crippen LogP contribution in [0.3, 0.4) is 0 Å². The van der Waals surface area contributed by atoms with Gasteiger partial charge in [0.15, 0.2) is 0 Å². The molecule has 1 aliphatic rings. The van der Waals surface area contributed by atoms with Gasteiger partial charge in [0.05, 0.1) is 6.16 Å². The Morgan fingerprint density at radius 3 is 2.68 bits per heavy atom. The molecule has 0 amide bonds. The van der Waals surface area contributed by atoms with Crippen molar-refractivity contribution in [3.63, 3.8) is 0 Å². The summed E-state index contributed by atoms with van der Waals surface area (Å²) in [6.07, 6.45) is 0.117.